The molecule has 1 heterocycles. The van der Waals surface area contributed by atoms with Crippen molar-refractivity contribution in [1.82, 2.24) is 9.13 Å². The molecule has 0 spiro atoms. The molecule has 0 aromatic carbocycles. The van der Waals surface area contributed by atoms with Crippen molar-refractivity contribution in [2.75, 3.05) is 0 Å². The second-order valence-electron chi connectivity index (χ2n) is 5.49. The Morgan fingerprint density at radius 3 is 2.61 bits per heavy atom. The number of rotatable bonds is 5. The van der Waals surface area contributed by atoms with Gasteiger partial charge in [-0.05, 0) is 25.2 Å². The Morgan fingerprint density at radius 1 is 1.28 bits per heavy atom. The molecule has 102 valence electrons. The Kier molecular flexibility index (Phi) is 4.64. The lowest BCUT2D eigenvalue weighted by atomic mass is 9.84. The SMILES string of the molecule is CCCn1ccn(CC(N)C2CCCCC2)c1=O. The van der Waals surface area contributed by atoms with Crippen molar-refractivity contribution < 1.29 is 0 Å². The van der Waals surface area contributed by atoms with Crippen LogP contribution >= 0.6 is 0 Å². The van der Waals surface area contributed by atoms with Crippen LogP contribution in [0.2, 0.25) is 0 Å². The third-order valence-electron chi connectivity index (χ3n) is 4.05. The van der Waals surface area contributed by atoms with E-state index in [0.717, 1.165) is 13.0 Å². The van der Waals surface area contributed by atoms with E-state index in [1.54, 1.807) is 9.13 Å². The summed E-state index contributed by atoms with van der Waals surface area (Å²) in [5, 5.41) is 0. The van der Waals surface area contributed by atoms with Crippen LogP contribution in [0.3, 0.4) is 0 Å². The van der Waals surface area contributed by atoms with Crippen LogP contribution in [-0.4, -0.2) is 15.2 Å². The average Bonchev–Trinajstić information content (AvgIpc) is 2.73. The monoisotopic (exact) mass is 251 g/mol. The lowest BCUT2D eigenvalue weighted by molar-refractivity contribution is 0.283. The van der Waals surface area contributed by atoms with E-state index < -0.39 is 0 Å². The summed E-state index contributed by atoms with van der Waals surface area (Å²) >= 11 is 0. The van der Waals surface area contributed by atoms with Crippen LogP contribution in [0, 0.1) is 5.92 Å². The van der Waals surface area contributed by atoms with Gasteiger partial charge >= 0.3 is 5.69 Å². The van der Waals surface area contributed by atoms with Gasteiger partial charge in [-0.1, -0.05) is 26.2 Å². The fraction of sp³-hybridized carbons (Fsp3) is 0.786. The molecule has 1 aliphatic carbocycles. The Morgan fingerprint density at radius 2 is 1.94 bits per heavy atom. The minimum Gasteiger partial charge on any atom is -0.326 e. The van der Waals surface area contributed by atoms with Crippen LogP contribution in [-0.2, 0) is 13.1 Å². The van der Waals surface area contributed by atoms with Crippen LogP contribution in [0.15, 0.2) is 17.2 Å². The van der Waals surface area contributed by atoms with Crippen molar-refractivity contribution in [3.8, 4) is 0 Å². The highest BCUT2D eigenvalue weighted by atomic mass is 16.1. The normalized spacial score (nSPS) is 19.0. The summed E-state index contributed by atoms with van der Waals surface area (Å²) in [6.45, 7) is 3.54. The van der Waals surface area contributed by atoms with Crippen molar-refractivity contribution in [3.63, 3.8) is 0 Å². The van der Waals surface area contributed by atoms with Gasteiger partial charge in [0.05, 0.1) is 0 Å². The largest absolute Gasteiger partial charge is 0.328 e. The molecule has 0 saturated heterocycles. The van der Waals surface area contributed by atoms with Gasteiger partial charge in [-0.15, -0.1) is 0 Å². The van der Waals surface area contributed by atoms with E-state index in [9.17, 15) is 4.79 Å². The summed E-state index contributed by atoms with van der Waals surface area (Å²) in [5.41, 5.74) is 6.35. The molecular formula is C14H25N3O. The number of aromatic nitrogens is 2. The van der Waals surface area contributed by atoms with Gasteiger partial charge in [0, 0.05) is 31.5 Å². The fourth-order valence-electron chi connectivity index (χ4n) is 2.94. The molecule has 1 unspecified atom stereocenters. The summed E-state index contributed by atoms with van der Waals surface area (Å²) in [4.78, 5) is 12.0. The van der Waals surface area contributed by atoms with E-state index in [0.29, 0.717) is 12.5 Å². The maximum Gasteiger partial charge on any atom is 0.328 e. The zero-order valence-corrected chi connectivity index (χ0v) is 11.3. The Labute approximate surface area is 109 Å². The molecule has 1 atom stereocenters. The van der Waals surface area contributed by atoms with Crippen molar-refractivity contribution in [2.45, 2.75) is 64.6 Å². The molecule has 0 bridgehead atoms. The molecule has 2 rings (SSSR count). The quantitative estimate of drug-likeness (QED) is 0.870. The van der Waals surface area contributed by atoms with Crippen molar-refractivity contribution in [3.05, 3.63) is 22.9 Å². The van der Waals surface area contributed by atoms with Gasteiger partial charge in [0.15, 0.2) is 0 Å². The highest BCUT2D eigenvalue weighted by molar-refractivity contribution is 4.85. The van der Waals surface area contributed by atoms with Gasteiger partial charge in [-0.3, -0.25) is 9.13 Å². The van der Waals surface area contributed by atoms with Crippen LogP contribution in [0.1, 0.15) is 45.4 Å². The molecule has 1 aromatic heterocycles. The number of aryl methyl sites for hydroxylation is 1. The van der Waals surface area contributed by atoms with E-state index in [1.807, 2.05) is 12.4 Å². The number of hydrogen-bond acceptors (Lipinski definition) is 2. The summed E-state index contributed by atoms with van der Waals surface area (Å²) in [7, 11) is 0. The molecule has 2 N–H and O–H groups in total. The van der Waals surface area contributed by atoms with E-state index in [1.165, 1.54) is 32.1 Å². The predicted molar refractivity (Wildman–Crippen MR) is 73.5 cm³/mol. The molecule has 18 heavy (non-hydrogen) atoms. The molecule has 1 aliphatic rings. The first kappa shape index (κ1) is 13.4. The van der Waals surface area contributed by atoms with Gasteiger partial charge in [0.2, 0.25) is 0 Å². The van der Waals surface area contributed by atoms with Crippen LogP contribution in [0.4, 0.5) is 0 Å². The second kappa shape index (κ2) is 6.23. The van der Waals surface area contributed by atoms with E-state index >= 15 is 0 Å². The third kappa shape index (κ3) is 3.05. The Balaban J connectivity index is 1.97. The van der Waals surface area contributed by atoms with Crippen LogP contribution in [0.25, 0.3) is 0 Å². The minimum absolute atomic E-state index is 0.0862. The Bertz CT molecular complexity index is 415. The maximum absolute atomic E-state index is 12.0. The zero-order valence-electron chi connectivity index (χ0n) is 11.3. The lowest BCUT2D eigenvalue weighted by Gasteiger charge is -2.27. The van der Waals surface area contributed by atoms with Gasteiger partial charge in [-0.2, -0.15) is 0 Å². The molecule has 0 amide bonds. The Hall–Kier alpha value is -1.03. The maximum atomic E-state index is 12.0. The van der Waals surface area contributed by atoms with Crippen LogP contribution in [0.5, 0.6) is 0 Å². The van der Waals surface area contributed by atoms with Crippen molar-refractivity contribution in [2.24, 2.45) is 11.7 Å². The van der Waals surface area contributed by atoms with Gasteiger partial charge in [-0.25, -0.2) is 4.79 Å². The fourth-order valence-corrected chi connectivity index (χ4v) is 2.94. The first-order valence-corrected chi connectivity index (χ1v) is 7.23. The molecule has 1 saturated carbocycles. The van der Waals surface area contributed by atoms with Crippen molar-refractivity contribution in [1.29, 1.82) is 0 Å². The summed E-state index contributed by atoms with van der Waals surface area (Å²) in [5.74, 6) is 0.597. The number of hydrogen-bond donors (Lipinski definition) is 1. The lowest BCUT2D eigenvalue weighted by Crippen LogP contribution is -2.38. The highest BCUT2D eigenvalue weighted by Crippen LogP contribution is 2.26. The third-order valence-corrected chi connectivity index (χ3v) is 4.05. The minimum atomic E-state index is 0.0862. The average molecular weight is 251 g/mol. The molecule has 1 aromatic rings. The van der Waals surface area contributed by atoms with E-state index in [4.69, 9.17) is 5.73 Å². The van der Waals surface area contributed by atoms with Gasteiger partial charge in [0.25, 0.3) is 0 Å². The molecular weight excluding hydrogens is 226 g/mol. The van der Waals surface area contributed by atoms with E-state index in [-0.39, 0.29) is 11.7 Å². The smallest absolute Gasteiger partial charge is 0.326 e. The highest BCUT2D eigenvalue weighted by Gasteiger charge is 2.21. The molecule has 1 fully saturated rings. The van der Waals surface area contributed by atoms with Crippen LogP contribution < -0.4 is 11.4 Å². The zero-order chi connectivity index (χ0) is 13.0. The summed E-state index contributed by atoms with van der Waals surface area (Å²) < 4.78 is 3.54. The molecule has 4 heteroatoms. The topological polar surface area (TPSA) is 52.9 Å². The summed E-state index contributed by atoms with van der Waals surface area (Å²) in [6, 6.07) is 0.125. The predicted octanol–water partition coefficient (Wildman–Crippen LogP) is 1.97. The number of nitrogens with two attached hydrogens (primary N) is 1. The number of imidazole rings is 1. The molecule has 0 aliphatic heterocycles. The van der Waals surface area contributed by atoms with Gasteiger partial charge in [0.1, 0.15) is 0 Å². The first-order chi connectivity index (χ1) is 8.72. The van der Waals surface area contributed by atoms with E-state index in [2.05, 4.69) is 6.92 Å². The summed E-state index contributed by atoms with van der Waals surface area (Å²) in [6.07, 6.45) is 11.1. The van der Waals surface area contributed by atoms with Crippen molar-refractivity contribution >= 4 is 0 Å². The number of nitrogens with zero attached hydrogens (tertiary/aromatic N) is 2. The standard InChI is InChI=1S/C14H25N3O/c1-2-8-16-9-10-17(14(16)18)11-13(15)12-6-4-3-5-7-12/h9-10,12-13H,2-8,11,15H2,1H3. The van der Waals surface area contributed by atoms with Gasteiger partial charge < -0.3 is 5.73 Å². The molecule has 4 nitrogen and oxygen atoms in total. The first-order valence-electron chi connectivity index (χ1n) is 7.23. The second-order valence-corrected chi connectivity index (χ2v) is 5.49. The molecule has 0 radical (unpaired) electrons.